The summed E-state index contributed by atoms with van der Waals surface area (Å²) in [4.78, 5) is 3.24. The van der Waals surface area contributed by atoms with E-state index in [9.17, 15) is 4.57 Å². The molecule has 0 spiro atoms. The topological polar surface area (TPSA) is 72.6 Å². The van der Waals surface area contributed by atoms with Gasteiger partial charge in [0.05, 0.1) is 20.3 Å². The number of hydrogen-bond donors (Lipinski definition) is 2. The van der Waals surface area contributed by atoms with Gasteiger partial charge >= 0.3 is 7.60 Å². The van der Waals surface area contributed by atoms with Crippen LogP contribution in [-0.4, -0.2) is 25.3 Å². The minimum Gasteiger partial charge on any atom is -0.497 e. The van der Waals surface area contributed by atoms with Crippen molar-refractivity contribution in [3.05, 3.63) is 60.3 Å². The van der Waals surface area contributed by atoms with Crippen molar-refractivity contribution in [1.82, 2.24) is 4.98 Å². The van der Waals surface area contributed by atoms with E-state index < -0.39 is 13.4 Å². The Morgan fingerprint density at radius 1 is 1.12 bits per heavy atom. The van der Waals surface area contributed by atoms with E-state index >= 15 is 0 Å². The first-order valence-corrected chi connectivity index (χ1v) is 10.2. The van der Waals surface area contributed by atoms with Crippen molar-refractivity contribution in [2.45, 2.75) is 12.2 Å². The second-order valence-corrected chi connectivity index (χ2v) is 8.24. The number of fused-ring (bicyclic) bond motifs is 1. The first-order chi connectivity index (χ1) is 12.7. The van der Waals surface area contributed by atoms with Crippen LogP contribution in [-0.2, 0) is 13.6 Å². The van der Waals surface area contributed by atoms with Gasteiger partial charge in [0.15, 0.2) is 5.78 Å². The van der Waals surface area contributed by atoms with Gasteiger partial charge in [-0.15, -0.1) is 0 Å². The summed E-state index contributed by atoms with van der Waals surface area (Å²) in [7, 11) is -1.74. The van der Waals surface area contributed by atoms with Gasteiger partial charge in [0.1, 0.15) is 5.75 Å². The number of rotatable bonds is 5. The molecule has 0 radical (unpaired) electrons. The highest BCUT2D eigenvalue weighted by Gasteiger charge is 2.40. The molecule has 0 aliphatic carbocycles. The molecule has 1 saturated heterocycles. The maximum atomic E-state index is 13.5. The molecule has 1 fully saturated rings. The Labute approximate surface area is 152 Å². The largest absolute Gasteiger partial charge is 0.497 e. The van der Waals surface area contributed by atoms with Crippen LogP contribution in [0.15, 0.2) is 54.7 Å². The molecule has 0 saturated carbocycles. The summed E-state index contributed by atoms with van der Waals surface area (Å²) in [5, 5.41) is 4.34. The lowest BCUT2D eigenvalue weighted by atomic mass is 10.1. The fourth-order valence-electron chi connectivity index (χ4n) is 3.12. The molecule has 1 aromatic heterocycles. The molecule has 0 amide bonds. The molecule has 6 nitrogen and oxygen atoms in total. The van der Waals surface area contributed by atoms with Crippen molar-refractivity contribution in [1.29, 1.82) is 0 Å². The van der Waals surface area contributed by atoms with Crippen LogP contribution in [0, 0.1) is 0 Å². The molecule has 0 bridgehead atoms. The second-order valence-electron chi connectivity index (χ2n) is 6.12. The summed E-state index contributed by atoms with van der Waals surface area (Å²) in [5.74, 6) is 0.156. The first kappa shape index (κ1) is 17.2. The summed E-state index contributed by atoms with van der Waals surface area (Å²) < 4.78 is 30.0. The second kappa shape index (κ2) is 7.16. The van der Waals surface area contributed by atoms with Gasteiger partial charge in [-0.05, 0) is 36.8 Å². The molecule has 26 heavy (non-hydrogen) atoms. The molecular weight excluding hydrogens is 351 g/mol. The third kappa shape index (κ3) is 3.23. The lowest BCUT2D eigenvalue weighted by Gasteiger charge is -2.31. The molecule has 1 aliphatic heterocycles. The lowest BCUT2D eigenvalue weighted by Crippen LogP contribution is -2.19. The van der Waals surface area contributed by atoms with Gasteiger partial charge in [0.25, 0.3) is 0 Å². The van der Waals surface area contributed by atoms with Crippen LogP contribution >= 0.6 is 7.60 Å². The molecule has 7 heteroatoms. The number of hydrogen-bond acceptors (Lipinski definition) is 5. The number of aromatic nitrogens is 1. The highest BCUT2D eigenvalue weighted by molar-refractivity contribution is 7.54. The van der Waals surface area contributed by atoms with Gasteiger partial charge in [-0.2, -0.15) is 0 Å². The number of methoxy groups -OCH3 is 1. The monoisotopic (exact) mass is 372 g/mol. The van der Waals surface area contributed by atoms with Gasteiger partial charge in [-0.1, -0.05) is 18.2 Å². The Kier molecular flexibility index (Phi) is 4.72. The quantitative estimate of drug-likeness (QED) is 0.622. The van der Waals surface area contributed by atoms with Crippen LogP contribution in [0.3, 0.4) is 0 Å². The van der Waals surface area contributed by atoms with Crippen LogP contribution in [0.1, 0.15) is 17.8 Å². The predicted octanol–water partition coefficient (Wildman–Crippen LogP) is 4.92. The van der Waals surface area contributed by atoms with Crippen LogP contribution in [0.4, 0.5) is 5.69 Å². The normalized spacial score (nSPS) is 17.7. The van der Waals surface area contributed by atoms with E-state index in [4.69, 9.17) is 13.8 Å². The van der Waals surface area contributed by atoms with Crippen molar-refractivity contribution in [2.75, 3.05) is 25.6 Å². The summed E-state index contributed by atoms with van der Waals surface area (Å²) >= 11 is 0. The number of benzene rings is 2. The number of nitrogens with one attached hydrogen (secondary N) is 2. The Morgan fingerprint density at radius 3 is 2.58 bits per heavy atom. The van der Waals surface area contributed by atoms with Crippen molar-refractivity contribution in [3.63, 3.8) is 0 Å². The Bertz CT molecular complexity index is 928. The van der Waals surface area contributed by atoms with Crippen molar-refractivity contribution in [3.8, 4) is 5.75 Å². The minimum absolute atomic E-state index is 0.431. The molecule has 1 atom stereocenters. The third-order valence-corrected chi connectivity index (χ3v) is 6.58. The molecule has 2 heterocycles. The van der Waals surface area contributed by atoms with E-state index in [-0.39, 0.29) is 0 Å². The third-order valence-electron chi connectivity index (χ3n) is 4.46. The van der Waals surface area contributed by atoms with E-state index in [0.29, 0.717) is 13.2 Å². The SMILES string of the molecule is COc1ccc(N[C@@H](c2c[nH]c3ccccc23)P2(=O)OCCCO2)cc1. The maximum absolute atomic E-state index is 13.5. The fourth-order valence-corrected chi connectivity index (χ4v) is 5.12. The van der Waals surface area contributed by atoms with Crippen LogP contribution in [0.2, 0.25) is 0 Å². The standard InChI is InChI=1S/C19H21N2O4P/c1-23-15-9-7-14(8-10-15)21-19(26(22)24-11-4-12-25-26)17-13-20-18-6-3-2-5-16(17)18/h2-3,5-10,13,19-21H,4,11-12H2,1H3/t19-/m1/s1. The Morgan fingerprint density at radius 2 is 1.85 bits per heavy atom. The molecule has 136 valence electrons. The van der Waals surface area contributed by atoms with Crippen LogP contribution < -0.4 is 10.1 Å². The summed E-state index contributed by atoms with van der Waals surface area (Å²) in [5.41, 5.74) is 2.66. The number of H-pyrrole nitrogens is 1. The number of para-hydroxylation sites is 1. The smallest absolute Gasteiger partial charge is 0.357 e. The van der Waals surface area contributed by atoms with Crippen LogP contribution in [0.5, 0.6) is 5.75 Å². The van der Waals surface area contributed by atoms with Gasteiger partial charge in [-0.3, -0.25) is 4.57 Å². The van der Waals surface area contributed by atoms with E-state index in [1.165, 1.54) is 0 Å². The van der Waals surface area contributed by atoms with E-state index in [2.05, 4.69) is 10.3 Å². The lowest BCUT2D eigenvalue weighted by molar-refractivity contribution is 0.142. The van der Waals surface area contributed by atoms with Gasteiger partial charge in [0, 0.05) is 28.4 Å². The first-order valence-electron chi connectivity index (χ1n) is 8.55. The average Bonchev–Trinajstić information content (AvgIpc) is 3.11. The van der Waals surface area contributed by atoms with Gasteiger partial charge < -0.3 is 24.1 Å². The molecule has 1 aliphatic rings. The summed E-state index contributed by atoms with van der Waals surface area (Å²) in [6, 6.07) is 15.4. The Balaban J connectivity index is 1.75. The van der Waals surface area contributed by atoms with Crippen molar-refractivity contribution in [2.24, 2.45) is 0 Å². The number of anilines is 1. The fraction of sp³-hybridized carbons (Fsp3) is 0.263. The molecule has 3 aromatic rings. The van der Waals surface area contributed by atoms with E-state index in [1.54, 1.807) is 7.11 Å². The van der Waals surface area contributed by atoms with Gasteiger partial charge in [-0.25, -0.2) is 0 Å². The molecule has 0 unspecified atom stereocenters. The van der Waals surface area contributed by atoms with E-state index in [1.807, 2.05) is 54.7 Å². The maximum Gasteiger partial charge on any atom is 0.357 e. The number of aromatic amines is 1. The minimum atomic E-state index is -3.36. The summed E-state index contributed by atoms with van der Waals surface area (Å²) in [6.45, 7) is 0.862. The zero-order chi connectivity index (χ0) is 18.0. The average molecular weight is 372 g/mol. The molecular formula is C19H21N2O4P. The summed E-state index contributed by atoms with van der Waals surface area (Å²) in [6.07, 6.45) is 2.61. The van der Waals surface area contributed by atoms with Gasteiger partial charge in [0.2, 0.25) is 0 Å². The zero-order valence-corrected chi connectivity index (χ0v) is 15.4. The van der Waals surface area contributed by atoms with Crippen molar-refractivity contribution < 1.29 is 18.3 Å². The van der Waals surface area contributed by atoms with E-state index in [0.717, 1.165) is 34.3 Å². The molecule has 2 aromatic carbocycles. The zero-order valence-electron chi connectivity index (χ0n) is 14.5. The van der Waals surface area contributed by atoms with Crippen molar-refractivity contribution >= 4 is 24.2 Å². The Hall–Kier alpha value is -2.27. The molecule has 2 N–H and O–H groups in total. The highest BCUT2D eigenvalue weighted by atomic mass is 31.2. The molecule has 4 rings (SSSR count). The highest BCUT2D eigenvalue weighted by Crippen LogP contribution is 2.63. The number of ether oxygens (including phenoxy) is 1. The van der Waals surface area contributed by atoms with Crippen LogP contribution in [0.25, 0.3) is 10.9 Å². The predicted molar refractivity (Wildman–Crippen MR) is 102 cm³/mol.